The van der Waals surface area contributed by atoms with E-state index in [0.29, 0.717) is 6.04 Å². The molecule has 3 aromatic heterocycles. The number of fused-ring (bicyclic) bond motifs is 1. The van der Waals surface area contributed by atoms with Crippen LogP contribution in [0.3, 0.4) is 0 Å². The molecule has 0 saturated carbocycles. The molecule has 1 aliphatic heterocycles. The summed E-state index contributed by atoms with van der Waals surface area (Å²) < 4.78 is 2.15. The van der Waals surface area contributed by atoms with E-state index in [0.717, 1.165) is 35.6 Å². The van der Waals surface area contributed by atoms with Crippen LogP contribution < -0.4 is 5.32 Å². The third-order valence-electron chi connectivity index (χ3n) is 4.00. The fourth-order valence-corrected chi connectivity index (χ4v) is 3.01. The number of aromatic nitrogens is 4. The van der Waals surface area contributed by atoms with Crippen molar-refractivity contribution in [3.05, 3.63) is 48.7 Å². The third-order valence-corrected chi connectivity index (χ3v) is 4.00. The van der Waals surface area contributed by atoms with Crippen molar-refractivity contribution < 1.29 is 0 Å². The Kier molecular flexibility index (Phi) is 3.12. The van der Waals surface area contributed by atoms with Gasteiger partial charge in [-0.05, 0) is 43.7 Å². The van der Waals surface area contributed by atoms with Crippen molar-refractivity contribution in [1.29, 1.82) is 0 Å². The van der Waals surface area contributed by atoms with E-state index >= 15 is 0 Å². The van der Waals surface area contributed by atoms with Gasteiger partial charge in [0, 0.05) is 31.1 Å². The molecule has 0 radical (unpaired) electrons. The van der Waals surface area contributed by atoms with E-state index in [4.69, 9.17) is 4.98 Å². The highest BCUT2D eigenvalue weighted by atomic mass is 15.1. The number of imidazole rings is 1. The molecule has 4 heterocycles. The molecule has 1 N–H and O–H groups in total. The zero-order valence-electron chi connectivity index (χ0n) is 11.7. The Bertz CT molecular complexity index is 744. The average Bonchev–Trinajstić information content (AvgIpc) is 3.15. The van der Waals surface area contributed by atoms with E-state index in [1.807, 2.05) is 42.9 Å². The summed E-state index contributed by atoms with van der Waals surface area (Å²) in [6, 6.07) is 8.47. The van der Waals surface area contributed by atoms with Crippen LogP contribution in [0.5, 0.6) is 0 Å². The van der Waals surface area contributed by atoms with Gasteiger partial charge in [-0.3, -0.25) is 9.55 Å². The molecule has 0 spiro atoms. The molecule has 0 amide bonds. The SMILES string of the molecule is c1cnc2c(c1)nc(CC1CCCN1)n2-c1ccncc1. The minimum absolute atomic E-state index is 0.516. The molecule has 5 nitrogen and oxygen atoms in total. The summed E-state index contributed by atoms with van der Waals surface area (Å²) >= 11 is 0. The topological polar surface area (TPSA) is 55.6 Å². The zero-order valence-corrected chi connectivity index (χ0v) is 11.7. The molecule has 3 aromatic rings. The summed E-state index contributed by atoms with van der Waals surface area (Å²) in [4.78, 5) is 13.4. The fourth-order valence-electron chi connectivity index (χ4n) is 3.01. The first-order valence-electron chi connectivity index (χ1n) is 7.38. The largest absolute Gasteiger partial charge is 0.314 e. The van der Waals surface area contributed by atoms with Crippen LogP contribution in [0, 0.1) is 0 Å². The van der Waals surface area contributed by atoms with Crippen LogP contribution in [-0.2, 0) is 6.42 Å². The lowest BCUT2D eigenvalue weighted by molar-refractivity contribution is 0.582. The van der Waals surface area contributed by atoms with Gasteiger partial charge in [-0.1, -0.05) is 0 Å². The Morgan fingerprint density at radius 1 is 1.19 bits per heavy atom. The van der Waals surface area contributed by atoms with Gasteiger partial charge in [0.1, 0.15) is 11.3 Å². The average molecular weight is 279 g/mol. The molecule has 1 unspecified atom stereocenters. The summed E-state index contributed by atoms with van der Waals surface area (Å²) in [7, 11) is 0. The molecule has 5 heteroatoms. The standard InChI is InChI=1S/C16H17N5/c1-3-12(18-7-1)11-15-20-14-4-2-8-19-16(14)21(15)13-5-9-17-10-6-13/h2,4-6,8-10,12,18H,1,3,7,11H2. The number of rotatable bonds is 3. The maximum Gasteiger partial charge on any atom is 0.164 e. The molecule has 21 heavy (non-hydrogen) atoms. The van der Waals surface area contributed by atoms with Crippen molar-refractivity contribution in [3.63, 3.8) is 0 Å². The van der Waals surface area contributed by atoms with Gasteiger partial charge in [-0.25, -0.2) is 9.97 Å². The summed E-state index contributed by atoms with van der Waals surface area (Å²) in [5.41, 5.74) is 2.93. The summed E-state index contributed by atoms with van der Waals surface area (Å²) in [5.74, 6) is 1.06. The second-order valence-corrected chi connectivity index (χ2v) is 5.41. The molecular weight excluding hydrogens is 262 g/mol. The highest BCUT2D eigenvalue weighted by Crippen LogP contribution is 2.21. The monoisotopic (exact) mass is 279 g/mol. The van der Waals surface area contributed by atoms with Gasteiger partial charge in [0.25, 0.3) is 0 Å². The summed E-state index contributed by atoms with van der Waals surface area (Å²) in [6.45, 7) is 1.11. The maximum absolute atomic E-state index is 4.79. The molecular formula is C16H17N5. The lowest BCUT2D eigenvalue weighted by Gasteiger charge is -2.12. The quantitative estimate of drug-likeness (QED) is 0.798. The molecule has 1 atom stereocenters. The van der Waals surface area contributed by atoms with E-state index < -0.39 is 0 Å². The first-order valence-corrected chi connectivity index (χ1v) is 7.38. The molecule has 1 aliphatic rings. The molecule has 106 valence electrons. The predicted molar refractivity (Wildman–Crippen MR) is 81.4 cm³/mol. The van der Waals surface area contributed by atoms with Crippen LogP contribution in [0.1, 0.15) is 18.7 Å². The van der Waals surface area contributed by atoms with Crippen molar-refractivity contribution in [2.75, 3.05) is 6.54 Å². The molecule has 0 aromatic carbocycles. The van der Waals surface area contributed by atoms with E-state index in [1.54, 1.807) is 0 Å². The number of hydrogen-bond donors (Lipinski definition) is 1. The van der Waals surface area contributed by atoms with Gasteiger partial charge < -0.3 is 5.32 Å². The summed E-state index contributed by atoms with van der Waals surface area (Å²) in [6.07, 6.45) is 8.83. The Balaban J connectivity index is 1.84. The van der Waals surface area contributed by atoms with Crippen LogP contribution in [0.2, 0.25) is 0 Å². The zero-order chi connectivity index (χ0) is 14.1. The van der Waals surface area contributed by atoms with Crippen molar-refractivity contribution in [2.45, 2.75) is 25.3 Å². The predicted octanol–water partition coefficient (Wildman–Crippen LogP) is 2.11. The van der Waals surface area contributed by atoms with Gasteiger partial charge in [0.05, 0.1) is 5.69 Å². The van der Waals surface area contributed by atoms with Crippen molar-refractivity contribution >= 4 is 11.2 Å². The van der Waals surface area contributed by atoms with Gasteiger partial charge in [-0.2, -0.15) is 0 Å². The van der Waals surface area contributed by atoms with E-state index in [9.17, 15) is 0 Å². The van der Waals surface area contributed by atoms with E-state index in [-0.39, 0.29) is 0 Å². The fraction of sp³-hybridized carbons (Fsp3) is 0.312. The Morgan fingerprint density at radius 3 is 2.90 bits per heavy atom. The van der Waals surface area contributed by atoms with E-state index in [1.165, 1.54) is 12.8 Å². The summed E-state index contributed by atoms with van der Waals surface area (Å²) in [5, 5.41) is 3.54. The van der Waals surface area contributed by atoms with Gasteiger partial charge in [0.15, 0.2) is 5.65 Å². The Labute approximate surface area is 123 Å². The number of nitrogens with zero attached hydrogens (tertiary/aromatic N) is 4. The minimum Gasteiger partial charge on any atom is -0.314 e. The lowest BCUT2D eigenvalue weighted by Crippen LogP contribution is -2.25. The van der Waals surface area contributed by atoms with Crippen LogP contribution in [0.15, 0.2) is 42.9 Å². The molecule has 0 aliphatic carbocycles. The van der Waals surface area contributed by atoms with Crippen LogP contribution >= 0.6 is 0 Å². The molecule has 0 bridgehead atoms. The molecule has 1 saturated heterocycles. The molecule has 1 fully saturated rings. The number of hydrogen-bond acceptors (Lipinski definition) is 4. The molecule has 4 rings (SSSR count). The third kappa shape index (κ3) is 2.29. The second-order valence-electron chi connectivity index (χ2n) is 5.41. The van der Waals surface area contributed by atoms with Crippen molar-refractivity contribution in [2.24, 2.45) is 0 Å². The van der Waals surface area contributed by atoms with Crippen molar-refractivity contribution in [1.82, 2.24) is 24.8 Å². The normalized spacial score (nSPS) is 18.4. The van der Waals surface area contributed by atoms with Gasteiger partial charge >= 0.3 is 0 Å². The van der Waals surface area contributed by atoms with Crippen LogP contribution in [-0.4, -0.2) is 32.1 Å². The smallest absolute Gasteiger partial charge is 0.164 e. The Hall–Kier alpha value is -2.27. The maximum atomic E-state index is 4.79. The minimum atomic E-state index is 0.516. The number of nitrogens with one attached hydrogen (secondary N) is 1. The first kappa shape index (κ1) is 12.5. The highest BCUT2D eigenvalue weighted by molar-refractivity contribution is 5.73. The van der Waals surface area contributed by atoms with Crippen molar-refractivity contribution in [3.8, 4) is 5.69 Å². The number of pyridine rings is 2. The van der Waals surface area contributed by atoms with Crippen LogP contribution in [0.4, 0.5) is 0 Å². The van der Waals surface area contributed by atoms with Gasteiger partial charge in [0.2, 0.25) is 0 Å². The second kappa shape index (κ2) is 5.26. The first-order chi connectivity index (χ1) is 10.4. The highest BCUT2D eigenvalue weighted by Gasteiger charge is 2.20. The Morgan fingerprint density at radius 2 is 2.10 bits per heavy atom. The van der Waals surface area contributed by atoms with Gasteiger partial charge in [-0.15, -0.1) is 0 Å². The van der Waals surface area contributed by atoms with E-state index in [2.05, 4.69) is 19.9 Å². The lowest BCUT2D eigenvalue weighted by atomic mass is 10.1. The van der Waals surface area contributed by atoms with Crippen LogP contribution in [0.25, 0.3) is 16.9 Å².